The molecule has 3 N–H and O–H groups in total. The summed E-state index contributed by atoms with van der Waals surface area (Å²) in [6, 6.07) is 13.5. The van der Waals surface area contributed by atoms with E-state index in [0.29, 0.717) is 27.0 Å². The Balaban J connectivity index is 1.80. The van der Waals surface area contributed by atoms with E-state index < -0.39 is 0 Å². The van der Waals surface area contributed by atoms with Gasteiger partial charge in [0.2, 0.25) is 5.91 Å². The molecule has 0 aliphatic heterocycles. The van der Waals surface area contributed by atoms with Gasteiger partial charge in [0.05, 0.1) is 16.5 Å². The zero-order valence-electron chi connectivity index (χ0n) is 12.6. The van der Waals surface area contributed by atoms with Gasteiger partial charge in [-0.05, 0) is 30.3 Å². The van der Waals surface area contributed by atoms with Gasteiger partial charge in [0, 0.05) is 16.9 Å². The van der Waals surface area contributed by atoms with Gasteiger partial charge in [-0.25, -0.2) is 0 Å². The predicted molar refractivity (Wildman–Crippen MR) is 95.9 cm³/mol. The van der Waals surface area contributed by atoms with Crippen molar-refractivity contribution in [3.63, 3.8) is 0 Å². The number of amides is 2. The smallest absolute Gasteiger partial charge is 0.269 e. The average molecular weight is 364 g/mol. The number of hydrazine groups is 1. The Morgan fingerprint density at radius 1 is 0.958 bits per heavy atom. The molecule has 0 unspecified atom stereocenters. The van der Waals surface area contributed by atoms with Crippen molar-refractivity contribution < 1.29 is 9.59 Å². The van der Waals surface area contributed by atoms with Crippen LogP contribution >= 0.6 is 23.2 Å². The molecule has 0 atom stereocenters. The topological polar surface area (TPSA) is 70.2 Å². The van der Waals surface area contributed by atoms with Gasteiger partial charge >= 0.3 is 0 Å². The first-order chi connectivity index (χ1) is 11.5. The van der Waals surface area contributed by atoms with Crippen LogP contribution in [-0.2, 0) is 4.79 Å². The van der Waals surface area contributed by atoms with Crippen LogP contribution in [-0.4, -0.2) is 11.8 Å². The van der Waals surface area contributed by atoms with Gasteiger partial charge in [-0.1, -0.05) is 48.0 Å². The number of anilines is 1. The van der Waals surface area contributed by atoms with E-state index in [2.05, 4.69) is 22.7 Å². The minimum atomic E-state index is -0.318. The molecule has 2 aromatic carbocycles. The number of benzene rings is 2. The lowest BCUT2D eigenvalue weighted by atomic mass is 10.2. The van der Waals surface area contributed by atoms with Crippen molar-refractivity contribution >= 4 is 40.7 Å². The van der Waals surface area contributed by atoms with Gasteiger partial charge in [0.1, 0.15) is 0 Å². The molecule has 0 spiro atoms. The summed E-state index contributed by atoms with van der Waals surface area (Å²) in [6.45, 7) is 3.70. The summed E-state index contributed by atoms with van der Waals surface area (Å²) in [5, 5.41) is 3.42. The molecule has 0 saturated carbocycles. The molecule has 5 nitrogen and oxygen atoms in total. The van der Waals surface area contributed by atoms with E-state index in [9.17, 15) is 9.59 Å². The van der Waals surface area contributed by atoms with Gasteiger partial charge in [0.15, 0.2) is 0 Å². The van der Waals surface area contributed by atoms with Gasteiger partial charge in [0.25, 0.3) is 5.91 Å². The van der Waals surface area contributed by atoms with Gasteiger partial charge in [-0.15, -0.1) is 0 Å². The molecule has 0 radical (unpaired) electrons. The van der Waals surface area contributed by atoms with E-state index >= 15 is 0 Å². The summed E-state index contributed by atoms with van der Waals surface area (Å²) < 4.78 is 0. The summed E-state index contributed by atoms with van der Waals surface area (Å²) in [5.41, 5.74) is 6.46. The second-order valence-corrected chi connectivity index (χ2v) is 5.72. The van der Waals surface area contributed by atoms with Crippen LogP contribution in [0.15, 0.2) is 60.8 Å². The largest absolute Gasteiger partial charge is 0.326 e. The molecule has 0 bridgehead atoms. The van der Waals surface area contributed by atoms with E-state index in [0.717, 1.165) is 0 Å². The minimum absolute atomic E-state index is 0.0185. The molecule has 24 heavy (non-hydrogen) atoms. The maximum Gasteiger partial charge on any atom is 0.269 e. The van der Waals surface area contributed by atoms with E-state index in [1.165, 1.54) is 0 Å². The third-order valence-electron chi connectivity index (χ3n) is 2.97. The fraction of sp³-hybridized carbons (Fsp3) is 0.0588. The molecular formula is C17H15Cl2N3O2. The van der Waals surface area contributed by atoms with Crippen LogP contribution in [0.5, 0.6) is 0 Å². The summed E-state index contributed by atoms with van der Waals surface area (Å²) >= 11 is 11.7. The first-order valence-corrected chi connectivity index (χ1v) is 7.75. The highest BCUT2D eigenvalue weighted by molar-refractivity contribution is 6.42. The van der Waals surface area contributed by atoms with Gasteiger partial charge < -0.3 is 10.7 Å². The lowest BCUT2D eigenvalue weighted by Gasteiger charge is -2.11. The molecule has 0 heterocycles. The Hall–Kier alpha value is -2.50. The Kier molecular flexibility index (Phi) is 6.23. The molecule has 124 valence electrons. The van der Waals surface area contributed by atoms with Crippen LogP contribution in [0.1, 0.15) is 16.8 Å². The van der Waals surface area contributed by atoms with Crippen molar-refractivity contribution in [1.82, 2.24) is 10.9 Å². The number of hydrogen-bond acceptors (Lipinski definition) is 3. The Morgan fingerprint density at radius 3 is 2.33 bits per heavy atom. The Bertz CT molecular complexity index is 764. The van der Waals surface area contributed by atoms with Gasteiger partial charge in [-0.3, -0.25) is 15.0 Å². The summed E-state index contributed by atoms with van der Waals surface area (Å²) in [6.07, 6.45) is -0.0185. The molecule has 2 rings (SSSR count). The van der Waals surface area contributed by atoms with Gasteiger partial charge in [-0.2, -0.15) is 0 Å². The number of halogens is 2. The molecule has 2 amide bonds. The first kappa shape index (κ1) is 17.8. The molecule has 0 aliphatic rings. The maximum absolute atomic E-state index is 11.9. The van der Waals surface area contributed by atoms with Crippen LogP contribution in [0.25, 0.3) is 0 Å². The maximum atomic E-state index is 11.9. The minimum Gasteiger partial charge on any atom is -0.326 e. The summed E-state index contributed by atoms with van der Waals surface area (Å²) in [5.74, 6) is -0.624. The monoisotopic (exact) mass is 363 g/mol. The highest BCUT2D eigenvalue weighted by Gasteiger charge is 2.08. The van der Waals surface area contributed by atoms with Crippen LogP contribution in [0.4, 0.5) is 5.69 Å². The Labute approximate surface area is 149 Å². The number of carbonyl (C=O) groups excluding carboxylic acids is 2. The average Bonchev–Trinajstić information content (AvgIpc) is 2.56. The van der Waals surface area contributed by atoms with Crippen molar-refractivity contribution in [2.45, 2.75) is 6.42 Å². The molecule has 7 heteroatoms. The molecule has 0 aromatic heterocycles. The number of carbonyl (C=O) groups is 2. The summed E-state index contributed by atoms with van der Waals surface area (Å²) in [7, 11) is 0. The van der Waals surface area contributed by atoms with Crippen molar-refractivity contribution in [2.24, 2.45) is 0 Å². The SMILES string of the molecule is C=C(CC(=O)Nc1ccc(Cl)c(Cl)c1)NNC(=O)c1ccccc1. The third kappa shape index (κ3) is 5.30. The second kappa shape index (κ2) is 8.38. The highest BCUT2D eigenvalue weighted by Crippen LogP contribution is 2.25. The first-order valence-electron chi connectivity index (χ1n) is 7.00. The lowest BCUT2D eigenvalue weighted by Crippen LogP contribution is -2.37. The zero-order valence-corrected chi connectivity index (χ0v) is 14.1. The van der Waals surface area contributed by atoms with Crippen LogP contribution in [0, 0.1) is 0 Å². The molecule has 0 saturated heterocycles. The summed E-state index contributed by atoms with van der Waals surface area (Å²) in [4.78, 5) is 23.8. The number of hydrogen-bond donors (Lipinski definition) is 3. The molecular weight excluding hydrogens is 349 g/mol. The van der Waals surface area contributed by atoms with E-state index in [4.69, 9.17) is 23.2 Å². The highest BCUT2D eigenvalue weighted by atomic mass is 35.5. The Morgan fingerprint density at radius 2 is 1.67 bits per heavy atom. The predicted octanol–water partition coefficient (Wildman–Crippen LogP) is 3.77. The fourth-order valence-electron chi connectivity index (χ4n) is 1.82. The molecule has 0 fully saturated rings. The van der Waals surface area contributed by atoms with E-state index in [1.807, 2.05) is 6.07 Å². The third-order valence-corrected chi connectivity index (χ3v) is 3.71. The lowest BCUT2D eigenvalue weighted by molar-refractivity contribution is -0.115. The normalized spacial score (nSPS) is 9.92. The standard InChI is InChI=1S/C17H15Cl2N3O2/c1-11(21-22-17(24)12-5-3-2-4-6-12)9-16(23)20-13-7-8-14(18)15(19)10-13/h2-8,10,21H,1,9H2,(H,20,23)(H,22,24). The second-order valence-electron chi connectivity index (χ2n) is 4.90. The molecule has 0 aliphatic carbocycles. The molecule has 2 aromatic rings. The van der Waals surface area contributed by atoms with Crippen molar-refractivity contribution in [3.05, 3.63) is 76.4 Å². The van der Waals surface area contributed by atoms with Crippen molar-refractivity contribution in [2.75, 3.05) is 5.32 Å². The van der Waals surface area contributed by atoms with Crippen molar-refractivity contribution in [1.29, 1.82) is 0 Å². The van der Waals surface area contributed by atoms with Crippen LogP contribution in [0.3, 0.4) is 0 Å². The van der Waals surface area contributed by atoms with Crippen LogP contribution in [0.2, 0.25) is 10.0 Å². The quantitative estimate of drug-likeness (QED) is 0.684. The zero-order chi connectivity index (χ0) is 17.5. The van der Waals surface area contributed by atoms with Crippen molar-refractivity contribution in [3.8, 4) is 0 Å². The fourth-order valence-corrected chi connectivity index (χ4v) is 2.12. The van der Waals surface area contributed by atoms with E-state index in [-0.39, 0.29) is 18.2 Å². The number of nitrogens with one attached hydrogen (secondary N) is 3. The van der Waals surface area contributed by atoms with E-state index in [1.54, 1.807) is 42.5 Å². The number of rotatable bonds is 6. The van der Waals surface area contributed by atoms with Crippen LogP contribution < -0.4 is 16.2 Å².